The van der Waals surface area contributed by atoms with Crippen LogP contribution in [-0.4, -0.2) is 26.8 Å². The predicted octanol–water partition coefficient (Wildman–Crippen LogP) is 5.22. The molecule has 1 aliphatic carbocycles. The molecule has 0 bridgehead atoms. The lowest BCUT2D eigenvalue weighted by atomic mass is 10.1. The average molecular weight is 428 g/mol. The van der Waals surface area contributed by atoms with Crippen LogP contribution in [-0.2, 0) is 4.74 Å². The summed E-state index contributed by atoms with van der Waals surface area (Å²) in [5.41, 5.74) is 1.63. The first-order valence-electron chi connectivity index (χ1n) is 9.39. The highest BCUT2D eigenvalue weighted by Gasteiger charge is 2.30. The molecule has 6 nitrogen and oxygen atoms in total. The summed E-state index contributed by atoms with van der Waals surface area (Å²) in [6, 6.07) is 10.1. The Morgan fingerprint density at radius 2 is 2.07 bits per heavy atom. The molecule has 1 saturated carbocycles. The quantitative estimate of drug-likeness (QED) is 0.396. The van der Waals surface area contributed by atoms with Gasteiger partial charge >= 0.3 is 12.5 Å². The Balaban J connectivity index is 1.70. The molecule has 0 saturated heterocycles. The van der Waals surface area contributed by atoms with Crippen LogP contribution in [0.2, 0.25) is 0 Å². The van der Waals surface area contributed by atoms with Gasteiger partial charge < -0.3 is 4.74 Å². The largest absolute Gasteiger partial charge is 0.451 e. The fourth-order valence-electron chi connectivity index (χ4n) is 3.38. The molecule has 1 unspecified atom stereocenters. The van der Waals surface area contributed by atoms with Gasteiger partial charge in [0.1, 0.15) is 11.1 Å². The number of imidazole rings is 1. The van der Waals surface area contributed by atoms with Gasteiger partial charge in [0.05, 0.1) is 22.2 Å². The summed E-state index contributed by atoms with van der Waals surface area (Å²) in [6.45, 7) is -1.35. The van der Waals surface area contributed by atoms with Crippen molar-refractivity contribution in [3.05, 3.63) is 53.0 Å². The van der Waals surface area contributed by atoms with Crippen molar-refractivity contribution in [1.82, 2.24) is 14.5 Å². The zero-order valence-corrected chi connectivity index (χ0v) is 17.1. The van der Waals surface area contributed by atoms with Crippen LogP contribution in [0.25, 0.3) is 11.0 Å². The number of carbonyl (C=O) groups excluding carboxylic acids is 1. The third kappa shape index (κ3) is 3.63. The van der Waals surface area contributed by atoms with Crippen molar-refractivity contribution < 1.29 is 18.3 Å². The molecule has 3 aromatic rings. The number of ether oxygens (including phenoxy) is 1. The van der Waals surface area contributed by atoms with Crippen molar-refractivity contribution in [2.75, 3.05) is 6.26 Å². The zero-order chi connectivity index (χ0) is 21.4. The van der Waals surface area contributed by atoms with Crippen molar-refractivity contribution in [2.45, 2.75) is 43.4 Å². The number of hydrogen-bond donors (Lipinski definition) is 0. The van der Waals surface area contributed by atoms with E-state index in [2.05, 4.69) is 9.97 Å². The molecule has 0 aliphatic heterocycles. The molecular formula is C21H18F2N4O2S. The molecule has 1 fully saturated rings. The number of hydrogen-bond acceptors (Lipinski definition) is 6. The van der Waals surface area contributed by atoms with E-state index in [1.54, 1.807) is 30.5 Å². The summed E-state index contributed by atoms with van der Waals surface area (Å²) in [5.74, 6) is -0.540. The highest BCUT2D eigenvalue weighted by Crippen LogP contribution is 2.41. The SMILES string of the molecule is CSc1nc(C2CC2)cc(C(=O)OC(C)c2nc3ccccc3n2C(F)F)c1C#N. The highest BCUT2D eigenvalue weighted by atomic mass is 32.2. The van der Waals surface area contributed by atoms with Gasteiger partial charge in [-0.3, -0.25) is 4.57 Å². The summed E-state index contributed by atoms with van der Waals surface area (Å²) in [6.07, 6.45) is 2.70. The fraction of sp³-hybridized carbons (Fsp3) is 0.333. The molecule has 1 atom stereocenters. The Hall–Kier alpha value is -2.99. The number of fused-ring (bicyclic) bond motifs is 1. The number of rotatable bonds is 6. The van der Waals surface area contributed by atoms with E-state index < -0.39 is 18.6 Å². The minimum Gasteiger partial charge on any atom is -0.451 e. The standard InChI is InChI=1S/C21H18F2N4O2S/c1-11(18-25-15-5-3-4-6-17(15)27(18)21(22)23)29-20(28)13-9-16(12-7-8-12)26-19(30-2)14(13)10-24/h3-6,9,11-12,21H,7-8H2,1-2H3. The van der Waals surface area contributed by atoms with Gasteiger partial charge in [-0.25, -0.2) is 14.8 Å². The Labute approximate surface area is 175 Å². The van der Waals surface area contributed by atoms with Crippen molar-refractivity contribution in [3.63, 3.8) is 0 Å². The van der Waals surface area contributed by atoms with Gasteiger partial charge in [-0.15, -0.1) is 11.8 Å². The molecule has 9 heteroatoms. The van der Waals surface area contributed by atoms with Crippen LogP contribution in [0.5, 0.6) is 0 Å². The molecule has 0 spiro atoms. The Bertz CT molecular complexity index is 1170. The molecule has 2 heterocycles. The number of pyridine rings is 1. The molecule has 1 aromatic carbocycles. The van der Waals surface area contributed by atoms with E-state index in [0.29, 0.717) is 10.5 Å². The van der Waals surface area contributed by atoms with Crippen LogP contribution in [0.15, 0.2) is 35.4 Å². The third-order valence-corrected chi connectivity index (χ3v) is 5.67. The first kappa shape index (κ1) is 20.3. The molecule has 0 N–H and O–H groups in total. The van der Waals surface area contributed by atoms with Gasteiger partial charge in [0.25, 0.3) is 0 Å². The van der Waals surface area contributed by atoms with Crippen molar-refractivity contribution >= 4 is 28.8 Å². The molecule has 4 rings (SSSR count). The summed E-state index contributed by atoms with van der Waals surface area (Å²) in [7, 11) is 0. The third-order valence-electron chi connectivity index (χ3n) is 4.99. The lowest BCUT2D eigenvalue weighted by Gasteiger charge is -2.16. The van der Waals surface area contributed by atoms with E-state index in [1.165, 1.54) is 24.8 Å². The van der Waals surface area contributed by atoms with Gasteiger partial charge in [0.2, 0.25) is 0 Å². The number of thioether (sulfide) groups is 1. The number of esters is 1. The number of aromatic nitrogens is 3. The normalized spacial score (nSPS) is 14.7. The number of carbonyl (C=O) groups is 1. The monoisotopic (exact) mass is 428 g/mol. The number of para-hydroxylation sites is 2. The Morgan fingerprint density at radius 1 is 1.33 bits per heavy atom. The van der Waals surface area contributed by atoms with Gasteiger partial charge in [0, 0.05) is 11.6 Å². The van der Waals surface area contributed by atoms with Crippen LogP contribution in [0, 0.1) is 11.3 Å². The molecule has 154 valence electrons. The van der Waals surface area contributed by atoms with Crippen LogP contribution in [0.3, 0.4) is 0 Å². The minimum absolute atomic E-state index is 0.0559. The van der Waals surface area contributed by atoms with Crippen LogP contribution in [0.1, 0.15) is 65.8 Å². The van der Waals surface area contributed by atoms with Crippen LogP contribution in [0.4, 0.5) is 8.78 Å². The molecule has 1 aliphatic rings. The number of nitrogens with zero attached hydrogens (tertiary/aromatic N) is 4. The second-order valence-electron chi connectivity index (χ2n) is 7.02. The topological polar surface area (TPSA) is 80.8 Å². The van der Waals surface area contributed by atoms with E-state index >= 15 is 0 Å². The van der Waals surface area contributed by atoms with Crippen LogP contribution >= 0.6 is 11.8 Å². The van der Waals surface area contributed by atoms with Crippen LogP contribution < -0.4 is 0 Å². The van der Waals surface area contributed by atoms with Gasteiger partial charge in [0.15, 0.2) is 11.9 Å². The second kappa shape index (κ2) is 8.03. The number of alkyl halides is 2. The van der Waals surface area contributed by atoms with E-state index in [9.17, 15) is 18.8 Å². The van der Waals surface area contributed by atoms with E-state index in [-0.39, 0.29) is 28.4 Å². The molecule has 30 heavy (non-hydrogen) atoms. The zero-order valence-electron chi connectivity index (χ0n) is 16.3. The van der Waals surface area contributed by atoms with Gasteiger partial charge in [-0.2, -0.15) is 14.0 Å². The second-order valence-corrected chi connectivity index (χ2v) is 7.81. The average Bonchev–Trinajstić information content (AvgIpc) is 3.51. The maximum Gasteiger partial charge on any atom is 0.340 e. The van der Waals surface area contributed by atoms with E-state index in [0.717, 1.165) is 23.1 Å². The summed E-state index contributed by atoms with van der Waals surface area (Å²) < 4.78 is 33.7. The Kier molecular flexibility index (Phi) is 5.43. The Morgan fingerprint density at radius 3 is 2.70 bits per heavy atom. The van der Waals surface area contributed by atoms with Gasteiger partial charge in [-0.05, 0) is 44.2 Å². The smallest absolute Gasteiger partial charge is 0.340 e. The fourth-order valence-corrected chi connectivity index (χ4v) is 3.93. The molecule has 0 amide bonds. The first-order chi connectivity index (χ1) is 14.4. The van der Waals surface area contributed by atoms with E-state index in [1.807, 2.05) is 6.07 Å². The highest BCUT2D eigenvalue weighted by molar-refractivity contribution is 7.98. The summed E-state index contributed by atoms with van der Waals surface area (Å²) in [5, 5.41) is 10.0. The maximum absolute atomic E-state index is 13.7. The number of halogens is 2. The van der Waals surface area contributed by atoms with E-state index in [4.69, 9.17) is 4.74 Å². The van der Waals surface area contributed by atoms with Crippen molar-refractivity contribution in [1.29, 1.82) is 5.26 Å². The van der Waals surface area contributed by atoms with Crippen molar-refractivity contribution in [2.24, 2.45) is 0 Å². The number of nitriles is 1. The maximum atomic E-state index is 13.7. The summed E-state index contributed by atoms with van der Waals surface area (Å²) in [4.78, 5) is 21.7. The lowest BCUT2D eigenvalue weighted by molar-refractivity contribution is 0.0232. The molecule has 0 radical (unpaired) electrons. The molecular weight excluding hydrogens is 410 g/mol. The first-order valence-corrected chi connectivity index (χ1v) is 10.6. The van der Waals surface area contributed by atoms with Crippen molar-refractivity contribution in [3.8, 4) is 6.07 Å². The predicted molar refractivity (Wildman–Crippen MR) is 108 cm³/mol. The lowest BCUT2D eigenvalue weighted by Crippen LogP contribution is -2.16. The van der Waals surface area contributed by atoms with Gasteiger partial charge in [-0.1, -0.05) is 12.1 Å². The number of benzene rings is 1. The summed E-state index contributed by atoms with van der Waals surface area (Å²) >= 11 is 1.28. The minimum atomic E-state index is -2.84. The molecule has 2 aromatic heterocycles.